The third kappa shape index (κ3) is 7.61. The molecule has 0 amide bonds. The van der Waals surface area contributed by atoms with Crippen LogP contribution in [-0.2, 0) is 42.9 Å². The van der Waals surface area contributed by atoms with Crippen LogP contribution in [0.25, 0.3) is 22.3 Å². The van der Waals surface area contributed by atoms with Crippen LogP contribution in [0.5, 0.6) is 0 Å². The van der Waals surface area contributed by atoms with E-state index in [4.69, 9.17) is 0 Å². The van der Waals surface area contributed by atoms with Crippen LogP contribution in [0.2, 0.25) is 0 Å². The Balaban J connectivity index is 0.00000293. The first kappa shape index (κ1) is 45.7. The fourth-order valence-electron chi connectivity index (χ4n) is 11.0. The summed E-state index contributed by atoms with van der Waals surface area (Å²) in [6.07, 6.45) is 7.67. The van der Waals surface area contributed by atoms with Gasteiger partial charge in [-0.15, -0.1) is 0 Å². The van der Waals surface area contributed by atoms with Crippen LogP contribution in [0.4, 0.5) is 0 Å². The van der Waals surface area contributed by atoms with E-state index in [0.717, 1.165) is 0 Å². The molecule has 1 unspecified atom stereocenters. The monoisotopic (exact) mass is 898 g/mol. The van der Waals surface area contributed by atoms with Crippen molar-refractivity contribution < 1.29 is 46.1 Å². The normalized spacial score (nSPS) is 18.5. The molecule has 0 fully saturated rings. The molecule has 8 rings (SSSR count). The van der Waals surface area contributed by atoms with Crippen molar-refractivity contribution in [2.24, 2.45) is 11.8 Å². The Kier molecular flexibility index (Phi) is 12.0. The summed E-state index contributed by atoms with van der Waals surface area (Å²) in [5.41, 5.74) is 23.8. The Morgan fingerprint density at radius 2 is 0.983 bits per heavy atom. The van der Waals surface area contributed by atoms with Gasteiger partial charge >= 0.3 is 356 Å². The second-order valence-corrected chi connectivity index (χ2v) is 27.6. The van der Waals surface area contributed by atoms with E-state index in [2.05, 4.69) is 202 Å². The molecule has 0 aliphatic heterocycles. The van der Waals surface area contributed by atoms with Crippen LogP contribution in [0.15, 0.2) is 105 Å². The summed E-state index contributed by atoms with van der Waals surface area (Å²) in [5, 5.41) is 0. The van der Waals surface area contributed by atoms with Gasteiger partial charge in [-0.05, 0) is 0 Å². The van der Waals surface area contributed by atoms with Gasteiger partial charge in [0.25, 0.3) is 0 Å². The molecule has 4 aromatic carbocycles. The number of hydrogen-bond acceptors (Lipinski definition) is 0. The Morgan fingerprint density at radius 1 is 0.593 bits per heavy atom. The smallest absolute Gasteiger partial charge is 1.00 e. The van der Waals surface area contributed by atoms with E-state index in [1.54, 1.807) is 28.8 Å². The predicted octanol–water partition coefficient (Wildman–Crippen LogP) is 9.14. The number of fused-ring (bicyclic) bond motifs is 5. The topological polar surface area (TPSA) is 0 Å². The van der Waals surface area contributed by atoms with Crippen molar-refractivity contribution in [2.75, 3.05) is 0 Å². The molecule has 4 aromatic rings. The van der Waals surface area contributed by atoms with Gasteiger partial charge in [-0.1, -0.05) is 0 Å². The summed E-state index contributed by atoms with van der Waals surface area (Å²) in [4.78, 5) is 0. The van der Waals surface area contributed by atoms with Crippen LogP contribution >= 0.6 is 0 Å². The van der Waals surface area contributed by atoms with Gasteiger partial charge in [0, 0.05) is 0 Å². The maximum atomic E-state index is 2.71. The van der Waals surface area contributed by atoms with Gasteiger partial charge in [0.2, 0.25) is 0 Å². The molecule has 4 aliphatic rings. The summed E-state index contributed by atoms with van der Waals surface area (Å²) in [6, 6.07) is 30.3. The molecule has 59 heavy (non-hydrogen) atoms. The number of benzene rings is 4. The maximum absolute atomic E-state index is 3.10. The first-order valence-electron chi connectivity index (χ1n) is 21.7. The molecule has 0 N–H and O–H groups in total. The van der Waals surface area contributed by atoms with Crippen LogP contribution in [0.3, 0.4) is 0 Å². The Bertz CT molecular complexity index is 2370. The average molecular weight is 901 g/mol. The molecule has 0 bridgehead atoms. The third-order valence-electron chi connectivity index (χ3n) is 14.0. The van der Waals surface area contributed by atoms with Crippen molar-refractivity contribution in [1.29, 1.82) is 0 Å². The fourth-order valence-corrected chi connectivity index (χ4v) is 20.9. The molecule has 0 nitrogen and oxygen atoms in total. The second kappa shape index (κ2) is 15.5. The van der Waals surface area contributed by atoms with E-state index in [0.29, 0.717) is 15.5 Å². The standard InChI is InChI=1S/C25H25.C21H26.C10H15.2ClH.Zr/c1-14-12-24(3,4)22-8-16-7-17-9-23-19(15(2)13-25(23,5)6)11-21(17)20(16)10-18(14)22;1-20(2,3)18-11-7-16(8-12-18)15-17-9-13-19(14-10-17)21(4,5)6;1-7(2)10-6-8(3)5-9(10)4;;;/h7-13H,1-6H3;7-14H,1-6H3;6-8H,1-4H3;2*1H;/q;;;;;+2/p-2. The maximum Gasteiger partial charge on any atom is -1.00 e. The third-order valence-corrected chi connectivity index (χ3v) is 23.1. The van der Waals surface area contributed by atoms with Gasteiger partial charge in [0.1, 0.15) is 0 Å². The van der Waals surface area contributed by atoms with Gasteiger partial charge < -0.3 is 24.8 Å². The zero-order valence-corrected chi connectivity index (χ0v) is 42.6. The van der Waals surface area contributed by atoms with Crippen molar-refractivity contribution in [3.63, 3.8) is 0 Å². The van der Waals surface area contributed by atoms with E-state index in [-0.39, 0.29) is 46.5 Å². The quantitative estimate of drug-likeness (QED) is 0.188. The molecule has 0 radical (unpaired) electrons. The summed E-state index contributed by atoms with van der Waals surface area (Å²) in [6.45, 7) is 38.2. The van der Waals surface area contributed by atoms with Crippen molar-refractivity contribution in [2.45, 2.75) is 136 Å². The molecule has 0 aromatic heterocycles. The summed E-state index contributed by atoms with van der Waals surface area (Å²) < 4.78 is 3.76. The molecule has 4 aliphatic carbocycles. The predicted molar refractivity (Wildman–Crippen MR) is 245 cm³/mol. The van der Waals surface area contributed by atoms with Gasteiger partial charge in [-0.3, -0.25) is 0 Å². The number of rotatable bonds is 5. The van der Waals surface area contributed by atoms with E-state index >= 15 is 0 Å². The van der Waals surface area contributed by atoms with Gasteiger partial charge in [0.15, 0.2) is 0 Å². The molecule has 0 saturated carbocycles. The van der Waals surface area contributed by atoms with Crippen molar-refractivity contribution in [3.8, 4) is 11.1 Å². The molecule has 0 spiro atoms. The SMILES string of the molecule is CC1=CC(C)(C)c2cc3c(cc21)-c1cc2c(cc1[CH]3[Zr+2]([C]1=C(C)C(C(C)C)=CC1C)=[C](c1ccc(C(C)(C)C)cc1)c1ccc(C(C)(C)C)cc1)C(C)(C)C=C2C.[Cl-].[Cl-]. The number of hydrogen-bond donors (Lipinski definition) is 0. The van der Waals surface area contributed by atoms with Gasteiger partial charge in [0.05, 0.1) is 0 Å². The molecule has 308 valence electrons. The van der Waals surface area contributed by atoms with Crippen molar-refractivity contribution in [1.82, 2.24) is 0 Å². The first-order valence-corrected chi connectivity index (χ1v) is 25.5. The van der Waals surface area contributed by atoms with Crippen LogP contribution in [-0.4, -0.2) is 3.21 Å². The zero-order chi connectivity index (χ0) is 41.3. The van der Waals surface area contributed by atoms with Crippen LogP contribution < -0.4 is 24.8 Å². The molecule has 1 atom stereocenters. The second-order valence-electron chi connectivity index (χ2n) is 21.5. The van der Waals surface area contributed by atoms with E-state index in [1.807, 2.05) is 0 Å². The van der Waals surface area contributed by atoms with Gasteiger partial charge in [-0.25, -0.2) is 0 Å². The minimum atomic E-state index is -3.10. The number of allylic oxidation sites excluding steroid dienone is 8. The van der Waals surface area contributed by atoms with Crippen molar-refractivity contribution in [3.05, 3.63) is 161 Å². The average Bonchev–Trinajstić information content (AvgIpc) is 3.75. The Morgan fingerprint density at radius 3 is 1.32 bits per heavy atom. The Labute approximate surface area is 377 Å². The summed E-state index contributed by atoms with van der Waals surface area (Å²) >= 11 is -3.10. The molecule has 0 saturated heterocycles. The first-order chi connectivity index (χ1) is 26.5. The summed E-state index contributed by atoms with van der Waals surface area (Å²) in [5.74, 6) is 0.904. The summed E-state index contributed by atoms with van der Waals surface area (Å²) in [7, 11) is 0. The van der Waals surface area contributed by atoms with Crippen molar-refractivity contribution >= 4 is 14.4 Å². The van der Waals surface area contributed by atoms with Gasteiger partial charge in [-0.2, -0.15) is 0 Å². The minimum absolute atomic E-state index is 0. The molecular formula is C56H66Cl2Zr. The number of halogens is 2. The molecular weight excluding hydrogens is 835 g/mol. The minimum Gasteiger partial charge on any atom is -1.00 e. The van der Waals surface area contributed by atoms with E-state index in [1.165, 1.54) is 66.8 Å². The Hall–Kier alpha value is -2.83. The van der Waals surface area contributed by atoms with Crippen LogP contribution in [0, 0.1) is 11.8 Å². The largest absolute Gasteiger partial charge is 1.00 e. The van der Waals surface area contributed by atoms with Crippen LogP contribution in [0.1, 0.15) is 170 Å². The molecule has 3 heteroatoms. The van der Waals surface area contributed by atoms with E-state index in [9.17, 15) is 0 Å². The zero-order valence-electron chi connectivity index (χ0n) is 38.6. The fraction of sp³-hybridized carbons (Fsp3) is 0.411. The van der Waals surface area contributed by atoms with E-state index < -0.39 is 21.3 Å². The molecule has 0 heterocycles.